The smallest absolute Gasteiger partial charge is 0.341 e. The van der Waals surface area contributed by atoms with Crippen LogP contribution in [-0.2, 0) is 7.05 Å². The number of nitrogens with zero attached hydrogens (tertiary/aromatic N) is 1. The first-order chi connectivity index (χ1) is 5.52. The highest BCUT2D eigenvalue weighted by atomic mass is 79.9. The zero-order valence-corrected chi connectivity index (χ0v) is 7.83. The number of aromatic carboxylic acids is 1. The van der Waals surface area contributed by atoms with Gasteiger partial charge in [0.15, 0.2) is 0 Å². The Balaban J connectivity index is 3.49. The SMILES string of the molecule is Cn1cc(Br)c(=O)c(C(=O)O)c1. The van der Waals surface area contributed by atoms with E-state index in [2.05, 4.69) is 15.9 Å². The Hall–Kier alpha value is -1.10. The van der Waals surface area contributed by atoms with Crippen molar-refractivity contribution in [3.05, 3.63) is 32.7 Å². The minimum absolute atomic E-state index is 0.230. The number of aromatic nitrogens is 1. The summed E-state index contributed by atoms with van der Waals surface area (Å²) in [6, 6.07) is 0. The van der Waals surface area contributed by atoms with Crippen LogP contribution in [-0.4, -0.2) is 15.6 Å². The number of hydrogen-bond donors (Lipinski definition) is 1. The molecule has 0 fully saturated rings. The molecule has 0 aliphatic heterocycles. The molecule has 4 nitrogen and oxygen atoms in total. The number of aryl methyl sites for hydroxylation is 1. The summed E-state index contributed by atoms with van der Waals surface area (Å²) in [5, 5.41) is 8.58. The fourth-order valence-electron chi connectivity index (χ4n) is 0.818. The van der Waals surface area contributed by atoms with Gasteiger partial charge in [0.2, 0.25) is 5.43 Å². The Morgan fingerprint density at radius 1 is 1.58 bits per heavy atom. The molecule has 0 saturated heterocycles. The van der Waals surface area contributed by atoms with E-state index in [9.17, 15) is 9.59 Å². The third kappa shape index (κ3) is 1.55. The molecule has 1 aromatic heterocycles. The van der Waals surface area contributed by atoms with Gasteiger partial charge in [-0.15, -0.1) is 0 Å². The van der Waals surface area contributed by atoms with Gasteiger partial charge in [0.1, 0.15) is 5.56 Å². The van der Waals surface area contributed by atoms with E-state index in [1.807, 2.05) is 0 Å². The average molecular weight is 232 g/mol. The molecule has 0 aromatic carbocycles. The van der Waals surface area contributed by atoms with Crippen LogP contribution in [0.3, 0.4) is 0 Å². The summed E-state index contributed by atoms with van der Waals surface area (Å²) in [6.07, 6.45) is 2.78. The van der Waals surface area contributed by atoms with Crippen LogP contribution in [0.15, 0.2) is 21.7 Å². The summed E-state index contributed by atoms with van der Waals surface area (Å²) >= 11 is 2.97. The van der Waals surface area contributed by atoms with Gasteiger partial charge in [-0.2, -0.15) is 0 Å². The van der Waals surface area contributed by atoms with Crippen LogP contribution in [0.4, 0.5) is 0 Å². The van der Waals surface area contributed by atoms with Crippen LogP contribution in [0.1, 0.15) is 10.4 Å². The van der Waals surface area contributed by atoms with Gasteiger partial charge in [-0.25, -0.2) is 4.79 Å². The third-order valence-corrected chi connectivity index (χ3v) is 1.91. The summed E-state index contributed by atoms with van der Waals surface area (Å²) < 4.78 is 1.76. The summed E-state index contributed by atoms with van der Waals surface area (Å²) in [5.74, 6) is -1.21. The van der Waals surface area contributed by atoms with Crippen molar-refractivity contribution in [2.45, 2.75) is 0 Å². The Labute approximate surface area is 76.6 Å². The number of halogens is 1. The van der Waals surface area contributed by atoms with Crippen LogP contribution < -0.4 is 5.43 Å². The van der Waals surface area contributed by atoms with Crippen molar-refractivity contribution in [1.82, 2.24) is 4.57 Å². The van der Waals surface area contributed by atoms with Gasteiger partial charge in [-0.1, -0.05) is 0 Å². The van der Waals surface area contributed by atoms with Crippen LogP contribution >= 0.6 is 15.9 Å². The van der Waals surface area contributed by atoms with Crippen LogP contribution in [0.2, 0.25) is 0 Å². The first-order valence-corrected chi connectivity index (χ1v) is 3.90. The number of carboxylic acids is 1. The second-order valence-electron chi connectivity index (χ2n) is 2.32. The summed E-state index contributed by atoms with van der Waals surface area (Å²) in [4.78, 5) is 21.6. The van der Waals surface area contributed by atoms with Crippen molar-refractivity contribution in [2.75, 3.05) is 0 Å². The maximum Gasteiger partial charge on any atom is 0.341 e. The van der Waals surface area contributed by atoms with Crippen molar-refractivity contribution in [2.24, 2.45) is 7.05 Å². The highest BCUT2D eigenvalue weighted by molar-refractivity contribution is 9.10. The van der Waals surface area contributed by atoms with Gasteiger partial charge >= 0.3 is 5.97 Å². The summed E-state index contributed by atoms with van der Waals surface area (Å²) in [5.41, 5.74) is -0.729. The minimum Gasteiger partial charge on any atom is -0.477 e. The highest BCUT2D eigenvalue weighted by Gasteiger charge is 2.10. The predicted octanol–water partition coefficient (Wildman–Crippen LogP) is 0.846. The molecule has 1 heterocycles. The van der Waals surface area contributed by atoms with Gasteiger partial charge in [0.25, 0.3) is 0 Å². The number of rotatable bonds is 1. The lowest BCUT2D eigenvalue weighted by Gasteiger charge is -2.00. The van der Waals surface area contributed by atoms with Crippen LogP contribution in [0.25, 0.3) is 0 Å². The van der Waals surface area contributed by atoms with Gasteiger partial charge in [-0.3, -0.25) is 4.79 Å². The molecular weight excluding hydrogens is 226 g/mol. The number of carboxylic acid groups (broad SMARTS) is 1. The normalized spacial score (nSPS) is 9.83. The minimum atomic E-state index is -1.21. The van der Waals surface area contributed by atoms with E-state index >= 15 is 0 Å². The van der Waals surface area contributed by atoms with Gasteiger partial charge in [0.05, 0.1) is 4.47 Å². The molecule has 0 saturated carbocycles. The Bertz CT molecular complexity index is 383. The second kappa shape index (κ2) is 3.10. The van der Waals surface area contributed by atoms with Crippen molar-refractivity contribution < 1.29 is 9.90 Å². The molecule has 1 aromatic rings. The van der Waals surface area contributed by atoms with Crippen molar-refractivity contribution >= 4 is 21.9 Å². The zero-order valence-electron chi connectivity index (χ0n) is 6.24. The molecule has 0 atom stereocenters. The highest BCUT2D eigenvalue weighted by Crippen LogP contribution is 2.03. The molecule has 0 unspecified atom stereocenters. The van der Waals surface area contributed by atoms with Gasteiger partial charge in [-0.05, 0) is 15.9 Å². The third-order valence-electron chi connectivity index (χ3n) is 1.34. The molecular formula is C7H6BrNO3. The first-order valence-electron chi connectivity index (χ1n) is 3.11. The maximum atomic E-state index is 11.1. The van der Waals surface area contributed by atoms with E-state index in [0.29, 0.717) is 0 Å². The van der Waals surface area contributed by atoms with Crippen molar-refractivity contribution in [3.63, 3.8) is 0 Å². The lowest BCUT2D eigenvalue weighted by molar-refractivity contribution is 0.0694. The predicted molar refractivity (Wildman–Crippen MR) is 46.3 cm³/mol. The molecule has 1 rings (SSSR count). The summed E-state index contributed by atoms with van der Waals surface area (Å²) in [6.45, 7) is 0. The van der Waals surface area contributed by atoms with E-state index in [-0.39, 0.29) is 10.0 Å². The number of hydrogen-bond acceptors (Lipinski definition) is 2. The van der Waals surface area contributed by atoms with Gasteiger partial charge in [0, 0.05) is 19.4 Å². The lowest BCUT2D eigenvalue weighted by atomic mass is 10.3. The molecule has 5 heteroatoms. The molecule has 0 bridgehead atoms. The molecule has 12 heavy (non-hydrogen) atoms. The fourth-order valence-corrected chi connectivity index (χ4v) is 1.35. The Morgan fingerprint density at radius 3 is 2.67 bits per heavy atom. The fraction of sp³-hybridized carbons (Fsp3) is 0.143. The van der Waals surface area contributed by atoms with E-state index in [1.54, 1.807) is 7.05 Å². The molecule has 0 amide bonds. The number of pyridine rings is 1. The zero-order chi connectivity index (χ0) is 9.30. The molecule has 1 N–H and O–H groups in total. The van der Waals surface area contributed by atoms with Crippen molar-refractivity contribution in [1.29, 1.82) is 0 Å². The molecule has 0 aliphatic carbocycles. The van der Waals surface area contributed by atoms with E-state index in [0.717, 1.165) is 0 Å². The molecule has 0 radical (unpaired) electrons. The largest absolute Gasteiger partial charge is 0.477 e. The van der Waals surface area contributed by atoms with Crippen molar-refractivity contribution in [3.8, 4) is 0 Å². The summed E-state index contributed by atoms with van der Waals surface area (Å²) in [7, 11) is 1.65. The van der Waals surface area contributed by atoms with E-state index < -0.39 is 11.4 Å². The monoisotopic (exact) mass is 231 g/mol. The maximum absolute atomic E-state index is 11.1. The van der Waals surface area contributed by atoms with Crippen LogP contribution in [0, 0.1) is 0 Å². The topological polar surface area (TPSA) is 59.3 Å². The first kappa shape index (κ1) is 8.99. The second-order valence-corrected chi connectivity index (χ2v) is 3.17. The standard InChI is InChI=1S/C7H6BrNO3/c1-9-2-4(7(11)12)6(10)5(8)3-9/h2-3H,1H3,(H,11,12). The lowest BCUT2D eigenvalue weighted by Crippen LogP contribution is -2.17. The van der Waals surface area contributed by atoms with E-state index in [1.165, 1.54) is 17.0 Å². The Kier molecular flexibility index (Phi) is 2.32. The number of carbonyl (C=O) groups is 1. The molecule has 64 valence electrons. The Morgan fingerprint density at radius 2 is 2.17 bits per heavy atom. The molecule has 0 spiro atoms. The van der Waals surface area contributed by atoms with Gasteiger partial charge < -0.3 is 9.67 Å². The average Bonchev–Trinajstić information content (AvgIpc) is 1.96. The quantitative estimate of drug-likeness (QED) is 0.780. The van der Waals surface area contributed by atoms with E-state index in [4.69, 9.17) is 5.11 Å². The van der Waals surface area contributed by atoms with Crippen LogP contribution in [0.5, 0.6) is 0 Å². The molecule has 0 aliphatic rings.